The summed E-state index contributed by atoms with van der Waals surface area (Å²) in [6, 6.07) is 11.5. The second-order valence-corrected chi connectivity index (χ2v) is 6.62. The van der Waals surface area contributed by atoms with E-state index in [4.69, 9.17) is 23.2 Å². The molecular weight excluding hydrogens is 357 g/mol. The van der Waals surface area contributed by atoms with Crippen molar-refractivity contribution >= 4 is 46.2 Å². The molecular formula is C20H17Cl2NO2. The molecule has 0 amide bonds. The van der Waals surface area contributed by atoms with Crippen molar-refractivity contribution in [3.8, 4) is 0 Å². The van der Waals surface area contributed by atoms with Crippen molar-refractivity contribution in [3.05, 3.63) is 75.4 Å². The molecule has 0 atom stereocenters. The molecule has 0 aliphatic carbocycles. The zero-order chi connectivity index (χ0) is 18.0. The molecule has 5 heteroatoms. The number of ether oxygens (including phenoxy) is 1. The highest BCUT2D eigenvalue weighted by molar-refractivity contribution is 6.35. The number of benzene rings is 2. The van der Waals surface area contributed by atoms with Crippen LogP contribution in [0.3, 0.4) is 0 Å². The number of carbonyl (C=O) groups is 1. The van der Waals surface area contributed by atoms with Crippen LogP contribution in [-0.4, -0.2) is 17.6 Å². The summed E-state index contributed by atoms with van der Waals surface area (Å²) in [7, 11) is 1.36. The first kappa shape index (κ1) is 17.6. The molecule has 128 valence electrons. The van der Waals surface area contributed by atoms with Gasteiger partial charge < -0.3 is 9.30 Å². The zero-order valence-electron chi connectivity index (χ0n) is 13.9. The number of halogens is 2. The average Bonchev–Trinajstić information content (AvgIpc) is 2.92. The van der Waals surface area contributed by atoms with E-state index in [1.54, 1.807) is 12.1 Å². The van der Waals surface area contributed by atoms with Gasteiger partial charge in [-0.1, -0.05) is 47.5 Å². The summed E-state index contributed by atoms with van der Waals surface area (Å²) < 4.78 is 6.82. The van der Waals surface area contributed by atoms with Crippen LogP contribution in [0.5, 0.6) is 0 Å². The Labute approximate surface area is 156 Å². The summed E-state index contributed by atoms with van der Waals surface area (Å²) in [5, 5.41) is 2.38. The monoisotopic (exact) mass is 373 g/mol. The number of hydrogen-bond acceptors (Lipinski definition) is 2. The highest BCUT2D eigenvalue weighted by Gasteiger charge is 2.11. The topological polar surface area (TPSA) is 31.2 Å². The molecule has 3 rings (SSSR count). The minimum absolute atomic E-state index is 0.382. The van der Waals surface area contributed by atoms with Crippen molar-refractivity contribution in [3.63, 3.8) is 0 Å². The van der Waals surface area contributed by atoms with Crippen LogP contribution in [0.15, 0.2) is 48.7 Å². The number of nitrogens with zero attached hydrogens (tertiary/aromatic N) is 1. The van der Waals surface area contributed by atoms with Gasteiger partial charge in [0, 0.05) is 34.2 Å². The third-order valence-electron chi connectivity index (χ3n) is 4.08. The van der Waals surface area contributed by atoms with Crippen LogP contribution >= 0.6 is 23.2 Å². The summed E-state index contributed by atoms with van der Waals surface area (Å²) in [5.41, 5.74) is 4.13. The summed E-state index contributed by atoms with van der Waals surface area (Å²) in [5.74, 6) is -0.382. The summed E-state index contributed by atoms with van der Waals surface area (Å²) in [6.45, 7) is 2.68. The molecule has 0 bridgehead atoms. The lowest BCUT2D eigenvalue weighted by molar-refractivity contribution is -0.134. The van der Waals surface area contributed by atoms with E-state index in [0.717, 1.165) is 27.6 Å². The van der Waals surface area contributed by atoms with E-state index >= 15 is 0 Å². The Bertz CT molecular complexity index is 973. The van der Waals surface area contributed by atoms with E-state index in [1.165, 1.54) is 13.2 Å². The second kappa shape index (κ2) is 7.34. The minimum Gasteiger partial charge on any atom is -0.466 e. The van der Waals surface area contributed by atoms with Crippen molar-refractivity contribution in [1.29, 1.82) is 0 Å². The Balaban J connectivity index is 2.09. The molecule has 0 aliphatic rings. The fraction of sp³-hybridized carbons (Fsp3) is 0.150. The van der Waals surface area contributed by atoms with Gasteiger partial charge in [-0.3, -0.25) is 0 Å². The van der Waals surface area contributed by atoms with E-state index in [1.807, 2.05) is 24.3 Å². The SMILES string of the molecule is COC(=O)/C=C/c1cccc2c(C)cn(Cc3ccc(Cl)cc3Cl)c12. The number of aryl methyl sites for hydroxylation is 1. The van der Waals surface area contributed by atoms with Gasteiger partial charge >= 0.3 is 5.97 Å². The Morgan fingerprint density at radius 1 is 1.24 bits per heavy atom. The van der Waals surface area contributed by atoms with Crippen molar-refractivity contribution in [2.45, 2.75) is 13.5 Å². The number of fused-ring (bicyclic) bond motifs is 1. The standard InChI is InChI=1S/C20H17Cl2NO2/c1-13-11-23(12-15-6-8-16(21)10-18(15)22)20-14(4-3-5-17(13)20)7-9-19(24)25-2/h3-11H,12H2,1-2H3/b9-7+. The molecule has 1 aromatic heterocycles. The lowest BCUT2D eigenvalue weighted by atomic mass is 10.1. The number of para-hydroxylation sites is 1. The van der Waals surface area contributed by atoms with Gasteiger partial charge in [-0.15, -0.1) is 0 Å². The van der Waals surface area contributed by atoms with Crippen LogP contribution in [0, 0.1) is 6.92 Å². The Kier molecular flexibility index (Phi) is 5.16. The van der Waals surface area contributed by atoms with Crippen LogP contribution < -0.4 is 0 Å². The highest BCUT2D eigenvalue weighted by atomic mass is 35.5. The lowest BCUT2D eigenvalue weighted by Crippen LogP contribution is -2.00. The smallest absolute Gasteiger partial charge is 0.330 e. The molecule has 0 saturated carbocycles. The summed E-state index contributed by atoms with van der Waals surface area (Å²) in [4.78, 5) is 11.4. The van der Waals surface area contributed by atoms with Gasteiger partial charge in [0.2, 0.25) is 0 Å². The van der Waals surface area contributed by atoms with Crippen molar-refractivity contribution in [2.75, 3.05) is 7.11 Å². The van der Waals surface area contributed by atoms with E-state index in [9.17, 15) is 4.79 Å². The summed E-state index contributed by atoms with van der Waals surface area (Å²) in [6.07, 6.45) is 5.29. The Hall–Kier alpha value is -2.23. The van der Waals surface area contributed by atoms with Gasteiger partial charge in [-0.25, -0.2) is 4.79 Å². The number of esters is 1. The molecule has 0 unspecified atom stereocenters. The third kappa shape index (κ3) is 3.73. The molecule has 3 aromatic rings. The average molecular weight is 374 g/mol. The molecule has 0 fully saturated rings. The first-order valence-electron chi connectivity index (χ1n) is 7.78. The van der Waals surface area contributed by atoms with E-state index < -0.39 is 0 Å². The number of carbonyl (C=O) groups excluding carboxylic acids is 1. The van der Waals surface area contributed by atoms with Gasteiger partial charge in [0.05, 0.1) is 12.6 Å². The van der Waals surface area contributed by atoms with Gasteiger partial charge in [-0.2, -0.15) is 0 Å². The highest BCUT2D eigenvalue weighted by Crippen LogP contribution is 2.28. The van der Waals surface area contributed by atoms with Crippen LogP contribution in [0.1, 0.15) is 16.7 Å². The maximum absolute atomic E-state index is 11.4. The normalized spacial score (nSPS) is 11.4. The van der Waals surface area contributed by atoms with Crippen LogP contribution in [0.25, 0.3) is 17.0 Å². The maximum atomic E-state index is 11.4. The number of rotatable bonds is 4. The largest absolute Gasteiger partial charge is 0.466 e. The van der Waals surface area contributed by atoms with Gasteiger partial charge in [0.25, 0.3) is 0 Å². The fourth-order valence-corrected chi connectivity index (χ4v) is 3.35. The molecule has 0 spiro atoms. The van der Waals surface area contributed by atoms with Crippen LogP contribution in [-0.2, 0) is 16.1 Å². The number of hydrogen-bond donors (Lipinski definition) is 0. The van der Waals surface area contributed by atoms with Crippen molar-refractivity contribution in [2.24, 2.45) is 0 Å². The Morgan fingerprint density at radius 2 is 2.04 bits per heavy atom. The number of aromatic nitrogens is 1. The van der Waals surface area contributed by atoms with Crippen molar-refractivity contribution in [1.82, 2.24) is 4.57 Å². The molecule has 2 aromatic carbocycles. The predicted octanol–water partition coefficient (Wildman–Crippen LogP) is 5.49. The summed E-state index contributed by atoms with van der Waals surface area (Å²) >= 11 is 12.3. The molecule has 0 aliphatic heterocycles. The predicted molar refractivity (Wildman–Crippen MR) is 103 cm³/mol. The first-order valence-corrected chi connectivity index (χ1v) is 8.53. The minimum atomic E-state index is -0.382. The third-order valence-corrected chi connectivity index (χ3v) is 4.67. The lowest BCUT2D eigenvalue weighted by Gasteiger charge is -2.10. The maximum Gasteiger partial charge on any atom is 0.330 e. The number of methoxy groups -OCH3 is 1. The van der Waals surface area contributed by atoms with Gasteiger partial charge in [-0.05, 0) is 41.8 Å². The van der Waals surface area contributed by atoms with Gasteiger partial charge in [0.15, 0.2) is 0 Å². The molecule has 0 radical (unpaired) electrons. The molecule has 1 heterocycles. The molecule has 3 nitrogen and oxygen atoms in total. The quantitative estimate of drug-likeness (QED) is 0.447. The van der Waals surface area contributed by atoms with Crippen molar-refractivity contribution < 1.29 is 9.53 Å². The Morgan fingerprint density at radius 3 is 2.76 bits per heavy atom. The first-order chi connectivity index (χ1) is 12.0. The van der Waals surface area contributed by atoms with Crippen LogP contribution in [0.2, 0.25) is 10.0 Å². The van der Waals surface area contributed by atoms with E-state index in [0.29, 0.717) is 16.6 Å². The fourth-order valence-electron chi connectivity index (χ4n) is 2.89. The molecule has 0 saturated heterocycles. The molecule has 25 heavy (non-hydrogen) atoms. The van der Waals surface area contributed by atoms with Crippen LogP contribution in [0.4, 0.5) is 0 Å². The molecule has 0 N–H and O–H groups in total. The van der Waals surface area contributed by atoms with Gasteiger partial charge in [0.1, 0.15) is 0 Å². The van der Waals surface area contributed by atoms with E-state index in [2.05, 4.69) is 28.5 Å². The van der Waals surface area contributed by atoms with E-state index in [-0.39, 0.29) is 5.97 Å². The second-order valence-electron chi connectivity index (χ2n) is 5.78. The zero-order valence-corrected chi connectivity index (χ0v) is 15.4.